The maximum atomic E-state index is 12.7. The van der Waals surface area contributed by atoms with Gasteiger partial charge in [0.05, 0.1) is 10.5 Å². The predicted molar refractivity (Wildman–Crippen MR) is 109 cm³/mol. The molecule has 1 saturated carbocycles. The van der Waals surface area contributed by atoms with Crippen molar-refractivity contribution in [1.82, 2.24) is 9.62 Å². The highest BCUT2D eigenvalue weighted by molar-refractivity contribution is 7.89. The third-order valence-corrected chi connectivity index (χ3v) is 7.75. The summed E-state index contributed by atoms with van der Waals surface area (Å²) in [5.41, 5.74) is 0.224. The van der Waals surface area contributed by atoms with Crippen LogP contribution in [0.3, 0.4) is 0 Å². The van der Waals surface area contributed by atoms with Gasteiger partial charge in [-0.05, 0) is 55.9 Å². The average Bonchev–Trinajstić information content (AvgIpc) is 2.74. The number of amides is 1. The molecule has 1 aliphatic heterocycles. The van der Waals surface area contributed by atoms with E-state index in [0.29, 0.717) is 19.0 Å². The summed E-state index contributed by atoms with van der Waals surface area (Å²) in [7, 11) is -3.53. The Morgan fingerprint density at radius 2 is 1.69 bits per heavy atom. The molecule has 1 heterocycles. The maximum Gasteiger partial charge on any atom is 0.338 e. The first kappa shape index (κ1) is 21.8. The minimum atomic E-state index is -3.53. The van der Waals surface area contributed by atoms with Gasteiger partial charge in [-0.25, -0.2) is 13.2 Å². The standard InChI is InChI=1S/C21H30N2O5S/c1-16-7-3-4-8-19(16)22-20(24)15-28-21(25)17-9-11-18(12-10-17)29(26,27)23-13-5-2-6-14-23/h9-12,16,19H,2-8,13-15H2,1H3,(H,22,24)/t16-,19-/m1/s1. The van der Waals surface area contributed by atoms with Crippen molar-refractivity contribution in [1.29, 1.82) is 0 Å². The number of rotatable bonds is 6. The van der Waals surface area contributed by atoms with Crippen molar-refractivity contribution in [3.63, 3.8) is 0 Å². The molecule has 160 valence electrons. The Balaban J connectivity index is 1.52. The van der Waals surface area contributed by atoms with E-state index in [1.807, 2.05) is 0 Å². The van der Waals surface area contributed by atoms with Gasteiger partial charge in [0.15, 0.2) is 6.61 Å². The zero-order chi connectivity index (χ0) is 20.9. The molecule has 2 atom stereocenters. The van der Waals surface area contributed by atoms with Gasteiger partial charge in [0, 0.05) is 19.1 Å². The molecule has 8 heteroatoms. The van der Waals surface area contributed by atoms with E-state index in [9.17, 15) is 18.0 Å². The minimum absolute atomic E-state index is 0.134. The Morgan fingerprint density at radius 1 is 1.03 bits per heavy atom. The number of esters is 1. The summed E-state index contributed by atoms with van der Waals surface area (Å²) >= 11 is 0. The van der Waals surface area contributed by atoms with Crippen molar-refractivity contribution in [2.24, 2.45) is 5.92 Å². The molecule has 29 heavy (non-hydrogen) atoms. The van der Waals surface area contributed by atoms with E-state index >= 15 is 0 Å². The first-order valence-corrected chi connectivity index (χ1v) is 11.9. The largest absolute Gasteiger partial charge is 0.452 e. The smallest absolute Gasteiger partial charge is 0.338 e. The number of benzene rings is 1. The summed E-state index contributed by atoms with van der Waals surface area (Å²) in [5.74, 6) is -0.516. The van der Waals surface area contributed by atoms with Crippen LogP contribution in [0.1, 0.15) is 62.2 Å². The van der Waals surface area contributed by atoms with Gasteiger partial charge in [-0.2, -0.15) is 4.31 Å². The Labute approximate surface area is 172 Å². The van der Waals surface area contributed by atoms with Crippen molar-refractivity contribution < 1.29 is 22.7 Å². The summed E-state index contributed by atoms with van der Waals surface area (Å²) in [6.07, 6.45) is 7.11. The zero-order valence-corrected chi connectivity index (χ0v) is 17.7. The number of carbonyl (C=O) groups is 2. The maximum absolute atomic E-state index is 12.7. The average molecular weight is 423 g/mol. The van der Waals surface area contributed by atoms with Gasteiger partial charge >= 0.3 is 5.97 Å². The molecule has 1 amide bonds. The van der Waals surface area contributed by atoms with Crippen molar-refractivity contribution in [3.05, 3.63) is 29.8 Å². The molecule has 7 nitrogen and oxygen atoms in total. The topological polar surface area (TPSA) is 92.8 Å². The number of piperidine rings is 1. The van der Waals surface area contributed by atoms with Crippen LogP contribution in [0.5, 0.6) is 0 Å². The Hall–Kier alpha value is -1.93. The van der Waals surface area contributed by atoms with Crippen molar-refractivity contribution >= 4 is 21.9 Å². The molecule has 1 saturated heterocycles. The number of hydrogen-bond donors (Lipinski definition) is 1. The second-order valence-corrected chi connectivity index (χ2v) is 9.94. The summed E-state index contributed by atoms with van der Waals surface area (Å²) in [6.45, 7) is 2.84. The van der Waals surface area contributed by atoms with Crippen molar-refractivity contribution in [2.75, 3.05) is 19.7 Å². The number of ether oxygens (including phenoxy) is 1. The zero-order valence-electron chi connectivity index (χ0n) is 16.9. The quantitative estimate of drug-likeness (QED) is 0.712. The SMILES string of the molecule is C[C@@H]1CCCC[C@H]1NC(=O)COC(=O)c1ccc(S(=O)(=O)N2CCCCC2)cc1. The van der Waals surface area contributed by atoms with Crippen LogP contribution in [0, 0.1) is 5.92 Å². The number of hydrogen-bond acceptors (Lipinski definition) is 5. The van der Waals surface area contributed by atoms with Crippen LogP contribution >= 0.6 is 0 Å². The lowest BCUT2D eigenvalue weighted by Gasteiger charge is -2.29. The summed E-state index contributed by atoms with van der Waals surface area (Å²) in [5, 5.41) is 2.94. The Bertz CT molecular complexity index is 816. The van der Waals surface area contributed by atoms with Crippen LogP contribution in [0.4, 0.5) is 0 Å². The predicted octanol–water partition coefficient (Wildman–Crippen LogP) is 2.71. The molecule has 2 aliphatic rings. The van der Waals surface area contributed by atoms with Gasteiger partial charge in [-0.3, -0.25) is 4.79 Å². The second kappa shape index (κ2) is 9.71. The van der Waals surface area contributed by atoms with Crippen molar-refractivity contribution in [2.45, 2.75) is 62.8 Å². The lowest BCUT2D eigenvalue weighted by Crippen LogP contribution is -2.42. The number of carbonyl (C=O) groups excluding carboxylic acids is 2. The van der Waals surface area contributed by atoms with Gasteiger partial charge in [0.1, 0.15) is 0 Å². The van der Waals surface area contributed by atoms with Crippen LogP contribution in [0.25, 0.3) is 0 Å². The highest BCUT2D eigenvalue weighted by atomic mass is 32.2. The molecule has 1 N–H and O–H groups in total. The fraction of sp³-hybridized carbons (Fsp3) is 0.619. The lowest BCUT2D eigenvalue weighted by molar-refractivity contribution is -0.125. The Morgan fingerprint density at radius 3 is 2.34 bits per heavy atom. The molecule has 3 rings (SSSR count). The fourth-order valence-electron chi connectivity index (χ4n) is 4.01. The Kier molecular flexibility index (Phi) is 7.29. The lowest BCUT2D eigenvalue weighted by atomic mass is 9.86. The van der Waals surface area contributed by atoms with Crippen LogP contribution in [-0.4, -0.2) is 50.3 Å². The number of nitrogens with zero attached hydrogens (tertiary/aromatic N) is 1. The molecule has 0 radical (unpaired) electrons. The number of sulfonamides is 1. The highest BCUT2D eigenvalue weighted by Gasteiger charge is 2.26. The van der Waals surface area contributed by atoms with Gasteiger partial charge in [0.25, 0.3) is 5.91 Å². The first-order valence-electron chi connectivity index (χ1n) is 10.4. The van der Waals surface area contributed by atoms with E-state index in [1.165, 1.54) is 35.0 Å². The molecule has 1 aromatic rings. The fourth-order valence-corrected chi connectivity index (χ4v) is 5.53. The molecular formula is C21H30N2O5S. The van der Waals surface area contributed by atoms with Gasteiger partial charge in [-0.15, -0.1) is 0 Å². The molecule has 0 unspecified atom stereocenters. The summed E-state index contributed by atoms with van der Waals surface area (Å²) in [4.78, 5) is 24.5. The molecule has 1 aromatic carbocycles. The van der Waals surface area contributed by atoms with Crippen molar-refractivity contribution in [3.8, 4) is 0 Å². The van der Waals surface area contributed by atoms with Gasteiger partial charge in [-0.1, -0.05) is 26.2 Å². The van der Waals surface area contributed by atoms with E-state index in [4.69, 9.17) is 4.74 Å². The summed E-state index contributed by atoms with van der Waals surface area (Å²) < 4.78 is 31.9. The number of nitrogens with one attached hydrogen (secondary N) is 1. The van der Waals surface area contributed by atoms with E-state index in [2.05, 4.69) is 12.2 Å². The monoisotopic (exact) mass is 422 g/mol. The highest BCUT2D eigenvalue weighted by Crippen LogP contribution is 2.24. The van der Waals surface area contributed by atoms with Crippen LogP contribution in [-0.2, 0) is 19.6 Å². The van der Waals surface area contributed by atoms with Gasteiger partial charge < -0.3 is 10.1 Å². The molecule has 0 aromatic heterocycles. The first-order chi connectivity index (χ1) is 13.9. The second-order valence-electron chi connectivity index (χ2n) is 8.00. The third-order valence-electron chi connectivity index (χ3n) is 5.84. The normalized spacial score (nSPS) is 23.3. The molecular weight excluding hydrogens is 392 g/mol. The van der Waals surface area contributed by atoms with E-state index < -0.39 is 16.0 Å². The van der Waals surface area contributed by atoms with E-state index in [0.717, 1.165) is 38.5 Å². The molecule has 0 spiro atoms. The minimum Gasteiger partial charge on any atom is -0.452 e. The summed E-state index contributed by atoms with van der Waals surface area (Å²) in [6, 6.07) is 5.84. The van der Waals surface area contributed by atoms with Crippen LogP contribution < -0.4 is 5.32 Å². The van der Waals surface area contributed by atoms with Crippen LogP contribution in [0.2, 0.25) is 0 Å². The molecule has 2 fully saturated rings. The molecule has 0 bridgehead atoms. The molecule has 1 aliphatic carbocycles. The van der Waals surface area contributed by atoms with Gasteiger partial charge in [0.2, 0.25) is 10.0 Å². The van der Waals surface area contributed by atoms with E-state index in [-0.39, 0.29) is 29.0 Å². The van der Waals surface area contributed by atoms with E-state index in [1.54, 1.807) is 0 Å². The third kappa shape index (κ3) is 5.57. The van der Waals surface area contributed by atoms with Crippen LogP contribution in [0.15, 0.2) is 29.2 Å².